The fraction of sp³-hybridized carbons (Fsp3) is 0.870. The van der Waals surface area contributed by atoms with Crippen LogP contribution in [0, 0.1) is 5.92 Å². The molecule has 0 fully saturated rings. The molecule has 0 aliphatic heterocycles. The molecule has 1 rings (SSSR count). The van der Waals surface area contributed by atoms with Crippen molar-refractivity contribution in [3.05, 3.63) is 21.0 Å². The molecule has 2 unspecified atom stereocenters. The van der Waals surface area contributed by atoms with Crippen molar-refractivity contribution in [2.45, 2.75) is 117 Å². The Balaban J connectivity index is 2.61. The zero-order valence-electron chi connectivity index (χ0n) is 19.8. The Hall–Kier alpha value is -1.63. The third-order valence-electron chi connectivity index (χ3n) is 6.34. The fourth-order valence-corrected chi connectivity index (χ4v) is 3.81. The van der Waals surface area contributed by atoms with Crippen LogP contribution in [0.5, 0.6) is 0 Å². The van der Waals surface area contributed by atoms with Gasteiger partial charge in [-0.2, -0.15) is 0 Å². The predicted octanol–water partition coefficient (Wildman–Crippen LogP) is 3.64. The molecule has 0 aromatic carbocycles. The van der Waals surface area contributed by atoms with Gasteiger partial charge < -0.3 is 9.90 Å². The normalized spacial score (nSPS) is 14.6. The summed E-state index contributed by atoms with van der Waals surface area (Å²) in [6.45, 7) is 8.49. The molecule has 1 aromatic heterocycles. The molecule has 0 bridgehead atoms. The lowest BCUT2D eigenvalue weighted by Gasteiger charge is -2.30. The molecule has 0 saturated heterocycles. The molecule has 1 aromatic rings. The number of nitrogens with zero attached hydrogens (tertiary/aromatic N) is 3. The van der Waals surface area contributed by atoms with E-state index in [1.165, 1.54) is 16.4 Å². The summed E-state index contributed by atoms with van der Waals surface area (Å²) in [7, 11) is 1.51. The molecule has 7 heteroatoms. The summed E-state index contributed by atoms with van der Waals surface area (Å²) in [5, 5.41) is 10.8. The minimum Gasteiger partial charge on any atom is -0.390 e. The largest absolute Gasteiger partial charge is 0.390 e. The van der Waals surface area contributed by atoms with Gasteiger partial charge in [0.25, 0.3) is 0 Å². The summed E-state index contributed by atoms with van der Waals surface area (Å²) in [5.74, 6) is 0.384. The van der Waals surface area contributed by atoms with E-state index >= 15 is 0 Å². The summed E-state index contributed by atoms with van der Waals surface area (Å²) in [4.78, 5) is 36.0. The summed E-state index contributed by atoms with van der Waals surface area (Å²) in [5.41, 5.74) is -1.48. The molecular formula is C23H43N3O4. The molecule has 1 heterocycles. The number of aliphatic hydroxyl groups is 1. The summed E-state index contributed by atoms with van der Waals surface area (Å²) in [6.07, 6.45) is 10.2. The lowest BCUT2D eigenvalue weighted by Crippen LogP contribution is -2.37. The van der Waals surface area contributed by atoms with Crippen LogP contribution in [0.4, 0.5) is 0 Å². The SMILES string of the molecule is CCCCC(C)C(C)(O)CCn1c(=O)n(C)c(=O)n1CCCCCCCCC(C)=O. The average molecular weight is 426 g/mol. The van der Waals surface area contributed by atoms with Crippen LogP contribution in [0.3, 0.4) is 0 Å². The second-order valence-electron chi connectivity index (χ2n) is 9.09. The van der Waals surface area contributed by atoms with E-state index in [1.807, 2.05) is 13.8 Å². The number of hydrogen-bond acceptors (Lipinski definition) is 4. The van der Waals surface area contributed by atoms with Crippen LogP contribution in [0.2, 0.25) is 0 Å². The first-order valence-corrected chi connectivity index (χ1v) is 11.7. The summed E-state index contributed by atoms with van der Waals surface area (Å²) in [6, 6.07) is 0. The van der Waals surface area contributed by atoms with Gasteiger partial charge in [-0.3, -0.25) is 0 Å². The quantitative estimate of drug-likeness (QED) is 0.410. The monoisotopic (exact) mass is 425 g/mol. The maximum absolute atomic E-state index is 12.5. The third kappa shape index (κ3) is 8.25. The molecule has 7 nitrogen and oxygen atoms in total. The van der Waals surface area contributed by atoms with E-state index in [2.05, 4.69) is 6.92 Å². The van der Waals surface area contributed by atoms with E-state index in [0.29, 0.717) is 25.9 Å². The van der Waals surface area contributed by atoms with Crippen molar-refractivity contribution in [1.29, 1.82) is 0 Å². The molecule has 0 aliphatic carbocycles. The third-order valence-corrected chi connectivity index (χ3v) is 6.34. The van der Waals surface area contributed by atoms with Crippen molar-refractivity contribution >= 4 is 5.78 Å². The molecule has 174 valence electrons. The van der Waals surface area contributed by atoms with E-state index in [9.17, 15) is 19.5 Å². The number of ketones is 1. The topological polar surface area (TPSA) is 86.2 Å². The van der Waals surface area contributed by atoms with E-state index < -0.39 is 5.60 Å². The Labute approximate surface area is 181 Å². The highest BCUT2D eigenvalue weighted by molar-refractivity contribution is 5.75. The van der Waals surface area contributed by atoms with E-state index in [1.54, 1.807) is 6.92 Å². The highest BCUT2D eigenvalue weighted by atomic mass is 16.3. The Morgan fingerprint density at radius 1 is 0.967 bits per heavy atom. The zero-order chi connectivity index (χ0) is 22.7. The maximum atomic E-state index is 12.5. The zero-order valence-corrected chi connectivity index (χ0v) is 19.8. The lowest BCUT2D eigenvalue weighted by molar-refractivity contribution is -0.117. The van der Waals surface area contributed by atoms with E-state index in [4.69, 9.17) is 0 Å². The van der Waals surface area contributed by atoms with Gasteiger partial charge in [-0.25, -0.2) is 23.5 Å². The highest BCUT2D eigenvalue weighted by Gasteiger charge is 2.28. The Kier molecular flexibility index (Phi) is 11.4. The van der Waals surface area contributed by atoms with Gasteiger partial charge in [-0.1, -0.05) is 52.4 Å². The van der Waals surface area contributed by atoms with Crippen LogP contribution < -0.4 is 11.4 Å². The van der Waals surface area contributed by atoms with Crippen molar-refractivity contribution in [2.24, 2.45) is 13.0 Å². The maximum Gasteiger partial charge on any atom is 0.346 e. The molecule has 0 aliphatic rings. The molecule has 0 amide bonds. The van der Waals surface area contributed by atoms with E-state index in [0.717, 1.165) is 62.4 Å². The Morgan fingerprint density at radius 3 is 2.07 bits per heavy atom. The molecule has 0 spiro atoms. The minimum atomic E-state index is -0.870. The standard InChI is InChI=1S/C23H43N3O4/c1-6-7-14-19(2)23(4,30)16-18-26-22(29)24(5)21(28)25(26)17-13-11-9-8-10-12-15-20(3)27/h19,30H,6-18H2,1-5H3. The predicted molar refractivity (Wildman–Crippen MR) is 121 cm³/mol. The van der Waals surface area contributed by atoms with Crippen molar-refractivity contribution in [3.63, 3.8) is 0 Å². The lowest BCUT2D eigenvalue weighted by atomic mass is 9.84. The van der Waals surface area contributed by atoms with Gasteiger partial charge in [0.15, 0.2) is 0 Å². The highest BCUT2D eigenvalue weighted by Crippen LogP contribution is 2.26. The molecule has 30 heavy (non-hydrogen) atoms. The number of hydrogen-bond donors (Lipinski definition) is 1. The van der Waals surface area contributed by atoms with Gasteiger partial charge in [-0.05, 0) is 45.4 Å². The molecular weight excluding hydrogens is 382 g/mol. The molecule has 2 atom stereocenters. The first-order valence-electron chi connectivity index (χ1n) is 11.7. The van der Waals surface area contributed by atoms with Crippen molar-refractivity contribution in [2.75, 3.05) is 0 Å². The minimum absolute atomic E-state index is 0.139. The van der Waals surface area contributed by atoms with Crippen molar-refractivity contribution in [1.82, 2.24) is 13.9 Å². The van der Waals surface area contributed by atoms with Crippen LogP contribution in [0.25, 0.3) is 0 Å². The van der Waals surface area contributed by atoms with Gasteiger partial charge in [0.2, 0.25) is 0 Å². The van der Waals surface area contributed by atoms with Crippen LogP contribution in [0.1, 0.15) is 98.3 Å². The van der Waals surface area contributed by atoms with Gasteiger partial charge >= 0.3 is 11.4 Å². The molecule has 1 N–H and O–H groups in total. The number of aromatic nitrogens is 3. The fourth-order valence-electron chi connectivity index (χ4n) is 3.81. The van der Waals surface area contributed by atoms with Gasteiger partial charge in [0.1, 0.15) is 5.78 Å². The van der Waals surface area contributed by atoms with Crippen molar-refractivity contribution in [3.8, 4) is 0 Å². The van der Waals surface area contributed by atoms with Crippen LogP contribution in [-0.2, 0) is 24.9 Å². The first-order chi connectivity index (χ1) is 14.1. The molecule has 0 radical (unpaired) electrons. The second-order valence-corrected chi connectivity index (χ2v) is 9.09. The number of Topliss-reactive ketones (excluding diaryl/α,β-unsaturated/α-hetero) is 1. The Morgan fingerprint density at radius 2 is 1.50 bits per heavy atom. The van der Waals surface area contributed by atoms with Gasteiger partial charge in [-0.15, -0.1) is 0 Å². The number of unbranched alkanes of at least 4 members (excludes halogenated alkanes) is 6. The Bertz CT molecular complexity index is 757. The number of rotatable bonds is 16. The number of carbonyl (C=O) groups excluding carboxylic acids is 1. The summed E-state index contributed by atoms with van der Waals surface area (Å²) < 4.78 is 4.18. The van der Waals surface area contributed by atoms with Gasteiger partial charge in [0, 0.05) is 26.6 Å². The van der Waals surface area contributed by atoms with Crippen LogP contribution >= 0.6 is 0 Å². The summed E-state index contributed by atoms with van der Waals surface area (Å²) >= 11 is 0. The van der Waals surface area contributed by atoms with Crippen LogP contribution in [0.15, 0.2) is 9.59 Å². The van der Waals surface area contributed by atoms with Gasteiger partial charge in [0.05, 0.1) is 5.60 Å². The molecule has 0 saturated carbocycles. The second kappa shape index (κ2) is 12.9. The smallest absolute Gasteiger partial charge is 0.346 e. The average Bonchev–Trinajstić information content (AvgIpc) is 2.89. The van der Waals surface area contributed by atoms with E-state index in [-0.39, 0.29) is 23.1 Å². The number of carbonyl (C=O) groups is 1. The van der Waals surface area contributed by atoms with Crippen molar-refractivity contribution < 1.29 is 9.90 Å². The first kappa shape index (κ1) is 26.4. The van der Waals surface area contributed by atoms with Crippen LogP contribution in [-0.4, -0.2) is 30.4 Å².